The van der Waals surface area contributed by atoms with Gasteiger partial charge in [-0.25, -0.2) is 9.36 Å². The minimum atomic E-state index is -0.584. The molecule has 0 radical (unpaired) electrons. The lowest BCUT2D eigenvalue weighted by atomic mass is 9.85. The number of hydrogen-bond donors (Lipinski definition) is 0. The van der Waals surface area contributed by atoms with Crippen molar-refractivity contribution in [2.45, 2.75) is 52.4 Å². The molecule has 3 aromatic rings. The fraction of sp³-hybridized carbons (Fsp3) is 0.258. The quantitative estimate of drug-likeness (QED) is 0.283. The van der Waals surface area contributed by atoms with E-state index < -0.39 is 5.69 Å². The number of rotatable bonds is 2. The molecule has 0 saturated heterocycles. The Labute approximate surface area is 211 Å². The van der Waals surface area contributed by atoms with Gasteiger partial charge in [-0.3, -0.25) is 9.36 Å². The first-order valence-electron chi connectivity index (χ1n) is 12.3. The monoisotopic (exact) mass is 477 g/mol. The van der Waals surface area contributed by atoms with Crippen LogP contribution in [0.1, 0.15) is 52.7 Å². The first kappa shape index (κ1) is 23.7. The standard InChI is InChI=1S/C31H31N3O2/c1-30(2,3)21-15-17-22(18-16-21)33-25-13-9-7-11-20(25)19-23-27(33)32-29(36)34(28(23)35)26-14-10-8-12-24(26)31(4,5)6/h7-19H,1-6H3. The van der Waals surface area contributed by atoms with Gasteiger partial charge in [0.2, 0.25) is 0 Å². The van der Waals surface area contributed by atoms with Crippen LogP contribution >= 0.6 is 0 Å². The van der Waals surface area contributed by atoms with Crippen molar-refractivity contribution in [3.05, 3.63) is 111 Å². The Morgan fingerprint density at radius 3 is 2.00 bits per heavy atom. The van der Waals surface area contributed by atoms with Gasteiger partial charge >= 0.3 is 5.69 Å². The van der Waals surface area contributed by atoms with Crippen LogP contribution in [0, 0.1) is 0 Å². The van der Waals surface area contributed by atoms with Gasteiger partial charge in [0.15, 0.2) is 5.82 Å². The highest BCUT2D eigenvalue weighted by Crippen LogP contribution is 2.31. The molecule has 2 aliphatic heterocycles. The van der Waals surface area contributed by atoms with Gasteiger partial charge in [-0.2, -0.15) is 4.98 Å². The van der Waals surface area contributed by atoms with Gasteiger partial charge in [-0.15, -0.1) is 0 Å². The predicted molar refractivity (Wildman–Crippen MR) is 147 cm³/mol. The van der Waals surface area contributed by atoms with Crippen molar-refractivity contribution in [1.29, 1.82) is 0 Å². The molecule has 5 rings (SSSR count). The van der Waals surface area contributed by atoms with E-state index in [9.17, 15) is 9.59 Å². The molecule has 2 aliphatic rings. The summed E-state index contributed by atoms with van der Waals surface area (Å²) in [5.41, 5.74) is 3.63. The van der Waals surface area contributed by atoms with Gasteiger partial charge in [0.1, 0.15) is 0 Å². The summed E-state index contributed by atoms with van der Waals surface area (Å²) in [5.74, 6) is 0.358. The molecule has 2 heterocycles. The average Bonchev–Trinajstić information content (AvgIpc) is 2.82. The zero-order valence-electron chi connectivity index (χ0n) is 21.7. The van der Waals surface area contributed by atoms with E-state index in [0.29, 0.717) is 17.1 Å². The molecule has 3 aromatic carbocycles. The lowest BCUT2D eigenvalue weighted by Gasteiger charge is -2.24. The van der Waals surface area contributed by atoms with Gasteiger partial charge in [-0.1, -0.05) is 90.1 Å². The van der Waals surface area contributed by atoms with Gasteiger partial charge in [-0.05, 0) is 57.7 Å². The Morgan fingerprint density at radius 2 is 1.33 bits per heavy atom. The number of aromatic nitrogens is 3. The molecule has 0 N–H and O–H groups in total. The Morgan fingerprint density at radius 1 is 0.694 bits per heavy atom. The molecule has 0 bridgehead atoms. The summed E-state index contributed by atoms with van der Waals surface area (Å²) < 4.78 is 3.13. The van der Waals surface area contributed by atoms with Crippen molar-refractivity contribution in [2.24, 2.45) is 0 Å². The number of fused-ring (bicyclic) bond motifs is 2. The first-order valence-corrected chi connectivity index (χ1v) is 12.3. The molecule has 0 fully saturated rings. The molecule has 0 atom stereocenters. The zero-order chi connectivity index (χ0) is 25.8. The minimum absolute atomic E-state index is 0.0125. The molecule has 0 amide bonds. The lowest BCUT2D eigenvalue weighted by Crippen LogP contribution is -2.38. The number of para-hydroxylation sites is 2. The highest BCUT2D eigenvalue weighted by molar-refractivity contribution is 5.87. The van der Waals surface area contributed by atoms with Crippen molar-refractivity contribution < 1.29 is 0 Å². The highest BCUT2D eigenvalue weighted by Gasteiger charge is 2.25. The molecule has 182 valence electrons. The van der Waals surface area contributed by atoms with Crippen LogP contribution in [0.4, 0.5) is 0 Å². The maximum Gasteiger partial charge on any atom is 0.357 e. The van der Waals surface area contributed by atoms with E-state index >= 15 is 0 Å². The van der Waals surface area contributed by atoms with Crippen LogP contribution in [0.2, 0.25) is 0 Å². The third-order valence-electron chi connectivity index (χ3n) is 6.70. The molecular formula is C31H31N3O2. The first-order chi connectivity index (χ1) is 17.0. The average molecular weight is 478 g/mol. The summed E-state index contributed by atoms with van der Waals surface area (Å²) in [6.07, 6.45) is 0. The summed E-state index contributed by atoms with van der Waals surface area (Å²) in [6.45, 7) is 12.7. The smallest absolute Gasteiger partial charge is 0.294 e. The van der Waals surface area contributed by atoms with Crippen LogP contribution < -0.4 is 11.2 Å². The summed E-state index contributed by atoms with van der Waals surface area (Å²) in [5, 5.41) is 0.901. The second-order valence-corrected chi connectivity index (χ2v) is 11.4. The van der Waals surface area contributed by atoms with Crippen molar-refractivity contribution >= 4 is 10.9 Å². The maximum absolute atomic E-state index is 14.0. The van der Waals surface area contributed by atoms with Crippen LogP contribution in [0.5, 0.6) is 0 Å². The molecule has 0 aromatic heterocycles. The Hall–Kier alpha value is -3.99. The summed E-state index contributed by atoms with van der Waals surface area (Å²) >= 11 is 0. The van der Waals surface area contributed by atoms with Crippen molar-refractivity contribution in [3.63, 3.8) is 0 Å². The van der Waals surface area contributed by atoms with Gasteiger partial charge < -0.3 is 0 Å². The minimum Gasteiger partial charge on any atom is -0.294 e. The second-order valence-electron chi connectivity index (χ2n) is 11.4. The molecule has 0 saturated carbocycles. The van der Waals surface area contributed by atoms with Gasteiger partial charge in [0.25, 0.3) is 5.56 Å². The zero-order valence-corrected chi connectivity index (χ0v) is 21.7. The maximum atomic E-state index is 14.0. The number of benzene rings is 3. The van der Waals surface area contributed by atoms with E-state index in [4.69, 9.17) is 0 Å². The topological polar surface area (TPSA) is 56.9 Å². The summed E-state index contributed by atoms with van der Waals surface area (Å²) in [4.78, 5) is 31.9. The Bertz CT molecular complexity index is 1680. The predicted octanol–water partition coefficient (Wildman–Crippen LogP) is 6.24. The van der Waals surface area contributed by atoms with Crippen LogP contribution in [-0.4, -0.2) is 14.1 Å². The fourth-order valence-corrected chi connectivity index (χ4v) is 4.77. The number of hydrogen-bond acceptors (Lipinski definition) is 3. The van der Waals surface area contributed by atoms with Gasteiger partial charge in [0, 0.05) is 5.69 Å². The van der Waals surface area contributed by atoms with Crippen molar-refractivity contribution in [3.8, 4) is 22.8 Å². The van der Waals surface area contributed by atoms with Crippen LogP contribution in [0.25, 0.3) is 33.7 Å². The lowest BCUT2D eigenvalue weighted by molar-refractivity contribution is 0.584. The van der Waals surface area contributed by atoms with Crippen LogP contribution in [0.3, 0.4) is 0 Å². The molecule has 5 heteroatoms. The molecule has 36 heavy (non-hydrogen) atoms. The normalized spacial score (nSPS) is 12.4. The molecule has 5 nitrogen and oxygen atoms in total. The highest BCUT2D eigenvalue weighted by atomic mass is 16.2. The SMILES string of the molecule is CC(C)(C)c1ccc(-n2c3nc(=O)n(-c4ccccc4C(C)(C)C)c(=O)c-3cc3ccccc32)cc1. The van der Waals surface area contributed by atoms with Crippen molar-refractivity contribution in [2.75, 3.05) is 0 Å². The van der Waals surface area contributed by atoms with E-state index in [1.54, 1.807) is 0 Å². The summed E-state index contributed by atoms with van der Waals surface area (Å²) in [6, 6.07) is 25.5. The fourth-order valence-electron chi connectivity index (χ4n) is 4.77. The number of pyridine rings is 1. The van der Waals surface area contributed by atoms with Crippen LogP contribution in [-0.2, 0) is 10.8 Å². The largest absolute Gasteiger partial charge is 0.357 e. The molecule has 0 unspecified atom stereocenters. The Kier molecular flexibility index (Phi) is 5.47. The summed E-state index contributed by atoms with van der Waals surface area (Å²) in [7, 11) is 0. The Balaban J connectivity index is 1.86. The van der Waals surface area contributed by atoms with E-state index in [2.05, 4.69) is 58.7 Å². The van der Waals surface area contributed by atoms with E-state index in [1.807, 2.05) is 71.3 Å². The van der Waals surface area contributed by atoms with Crippen molar-refractivity contribution in [1.82, 2.24) is 14.1 Å². The third-order valence-corrected chi connectivity index (χ3v) is 6.70. The van der Waals surface area contributed by atoms with Crippen LogP contribution in [0.15, 0.2) is 88.5 Å². The van der Waals surface area contributed by atoms with Gasteiger partial charge in [0.05, 0.1) is 16.8 Å². The third kappa shape index (κ3) is 3.95. The molecular weight excluding hydrogens is 446 g/mol. The number of nitrogens with zero attached hydrogens (tertiary/aromatic N) is 3. The van der Waals surface area contributed by atoms with E-state index in [1.165, 1.54) is 10.1 Å². The molecule has 0 spiro atoms. The van der Waals surface area contributed by atoms with E-state index in [-0.39, 0.29) is 16.4 Å². The molecule has 0 aliphatic carbocycles. The van der Waals surface area contributed by atoms with E-state index in [0.717, 1.165) is 22.2 Å². The second kappa shape index (κ2) is 8.30.